The molecule has 0 fully saturated rings. The number of terminal acetylenes is 1. The van der Waals surface area contributed by atoms with Crippen LogP contribution in [0.4, 0.5) is 0 Å². The summed E-state index contributed by atoms with van der Waals surface area (Å²) in [5.74, 6) is 1.01. The predicted molar refractivity (Wildman–Crippen MR) is 72.5 cm³/mol. The summed E-state index contributed by atoms with van der Waals surface area (Å²) in [6.45, 7) is 1.67. The van der Waals surface area contributed by atoms with Gasteiger partial charge in [0.2, 0.25) is 5.91 Å². The van der Waals surface area contributed by atoms with Gasteiger partial charge in [-0.1, -0.05) is 35.7 Å². The summed E-state index contributed by atoms with van der Waals surface area (Å²) in [6, 6.07) is 7.89. The molecule has 0 radical (unpaired) electrons. The highest BCUT2D eigenvalue weighted by Crippen LogP contribution is 2.07. The van der Waals surface area contributed by atoms with Gasteiger partial charge in [0.1, 0.15) is 6.54 Å². The van der Waals surface area contributed by atoms with Crippen LogP contribution < -0.4 is 0 Å². The summed E-state index contributed by atoms with van der Waals surface area (Å²) in [5.41, 5.74) is 2.21. The maximum absolute atomic E-state index is 11.9. The van der Waals surface area contributed by atoms with E-state index in [4.69, 9.17) is 11.5 Å². The number of amides is 1. The first kappa shape index (κ1) is 14.8. The number of carbonyl (C=O) groups excluding carboxylic acids is 1. The zero-order valence-corrected chi connectivity index (χ0v) is 10.9. The Kier molecular flexibility index (Phi) is 5.62. The second kappa shape index (κ2) is 7.22. The van der Waals surface area contributed by atoms with Crippen molar-refractivity contribution in [1.82, 2.24) is 4.90 Å². The van der Waals surface area contributed by atoms with Gasteiger partial charge in [-0.05, 0) is 18.9 Å². The van der Waals surface area contributed by atoms with Crippen LogP contribution in [0.1, 0.15) is 17.5 Å². The van der Waals surface area contributed by atoms with Crippen LogP contribution in [0, 0.1) is 19.3 Å². The Hall–Kier alpha value is -2.28. The number of nitrogens with zero attached hydrogens (tertiary/aromatic N) is 1. The van der Waals surface area contributed by atoms with Crippen LogP contribution in [0.15, 0.2) is 24.3 Å². The van der Waals surface area contributed by atoms with Crippen molar-refractivity contribution in [3.8, 4) is 12.3 Å². The average molecular weight is 259 g/mol. The van der Waals surface area contributed by atoms with Crippen molar-refractivity contribution in [3.05, 3.63) is 35.4 Å². The van der Waals surface area contributed by atoms with Gasteiger partial charge in [-0.2, -0.15) is 0 Å². The van der Waals surface area contributed by atoms with E-state index in [9.17, 15) is 9.59 Å². The van der Waals surface area contributed by atoms with Gasteiger partial charge in [-0.3, -0.25) is 9.59 Å². The van der Waals surface area contributed by atoms with Crippen molar-refractivity contribution in [2.24, 2.45) is 0 Å². The number of aryl methyl sites for hydroxylation is 2. The molecule has 0 aliphatic carbocycles. The molecule has 0 aromatic heterocycles. The molecule has 0 heterocycles. The van der Waals surface area contributed by atoms with Crippen molar-refractivity contribution < 1.29 is 14.7 Å². The molecule has 0 saturated heterocycles. The molecular formula is C15H17NO3. The number of rotatable bonds is 6. The minimum absolute atomic E-state index is 0.0268. The van der Waals surface area contributed by atoms with Gasteiger partial charge < -0.3 is 10.0 Å². The molecule has 0 spiro atoms. The first-order valence-electron chi connectivity index (χ1n) is 6.01. The number of carboxylic acids is 1. The quantitative estimate of drug-likeness (QED) is 0.787. The Balaban J connectivity index is 2.54. The molecule has 1 rings (SSSR count). The summed E-state index contributed by atoms with van der Waals surface area (Å²) >= 11 is 0. The highest BCUT2D eigenvalue weighted by Gasteiger charge is 2.15. The third kappa shape index (κ3) is 5.26. The molecule has 1 amide bonds. The van der Waals surface area contributed by atoms with Crippen molar-refractivity contribution >= 4 is 11.9 Å². The minimum atomic E-state index is -1.06. The predicted octanol–water partition coefficient (Wildman–Crippen LogP) is 1.47. The number of aliphatic carboxylic acids is 1. The van der Waals surface area contributed by atoms with Gasteiger partial charge in [-0.25, -0.2) is 0 Å². The fourth-order valence-electron chi connectivity index (χ4n) is 1.67. The van der Waals surface area contributed by atoms with Crippen molar-refractivity contribution in [3.63, 3.8) is 0 Å². The van der Waals surface area contributed by atoms with E-state index >= 15 is 0 Å². The topological polar surface area (TPSA) is 57.6 Å². The number of hydrogen-bond donors (Lipinski definition) is 1. The zero-order valence-electron chi connectivity index (χ0n) is 10.9. The Labute approximate surface area is 113 Å². The highest BCUT2D eigenvalue weighted by atomic mass is 16.4. The van der Waals surface area contributed by atoms with E-state index in [1.165, 1.54) is 4.90 Å². The van der Waals surface area contributed by atoms with Crippen LogP contribution >= 0.6 is 0 Å². The van der Waals surface area contributed by atoms with Crippen LogP contribution in [0.25, 0.3) is 0 Å². The number of benzene rings is 1. The molecule has 0 aliphatic heterocycles. The van der Waals surface area contributed by atoms with Crippen LogP contribution in [-0.2, 0) is 16.0 Å². The summed E-state index contributed by atoms with van der Waals surface area (Å²) < 4.78 is 0. The average Bonchev–Trinajstić information content (AvgIpc) is 2.37. The van der Waals surface area contributed by atoms with Gasteiger partial charge in [0, 0.05) is 6.42 Å². The van der Waals surface area contributed by atoms with Crippen molar-refractivity contribution in [2.75, 3.05) is 13.1 Å². The summed E-state index contributed by atoms with van der Waals surface area (Å²) in [4.78, 5) is 23.7. The van der Waals surface area contributed by atoms with E-state index in [1.807, 2.05) is 31.2 Å². The second-order valence-corrected chi connectivity index (χ2v) is 4.33. The van der Waals surface area contributed by atoms with E-state index in [2.05, 4.69) is 5.92 Å². The lowest BCUT2D eigenvalue weighted by molar-refractivity contribution is -0.144. The Morgan fingerprint density at radius 1 is 1.32 bits per heavy atom. The van der Waals surface area contributed by atoms with Gasteiger partial charge in [0.25, 0.3) is 0 Å². The second-order valence-electron chi connectivity index (χ2n) is 4.33. The summed E-state index contributed by atoms with van der Waals surface area (Å²) in [7, 11) is 0. The summed E-state index contributed by atoms with van der Waals surface area (Å²) in [5, 5.41) is 8.71. The molecule has 0 atom stereocenters. The van der Waals surface area contributed by atoms with Crippen LogP contribution in [-0.4, -0.2) is 35.0 Å². The highest BCUT2D eigenvalue weighted by molar-refractivity contribution is 5.81. The van der Waals surface area contributed by atoms with Gasteiger partial charge in [-0.15, -0.1) is 6.42 Å². The SMILES string of the molecule is C#CCN(CC(=O)O)C(=O)CCc1ccc(C)cc1. The number of carbonyl (C=O) groups is 2. The van der Waals surface area contributed by atoms with E-state index in [0.717, 1.165) is 11.1 Å². The third-order valence-corrected chi connectivity index (χ3v) is 2.71. The smallest absolute Gasteiger partial charge is 0.323 e. The van der Waals surface area contributed by atoms with E-state index in [0.29, 0.717) is 6.42 Å². The van der Waals surface area contributed by atoms with E-state index < -0.39 is 5.97 Å². The Morgan fingerprint density at radius 3 is 2.47 bits per heavy atom. The third-order valence-electron chi connectivity index (χ3n) is 2.71. The maximum Gasteiger partial charge on any atom is 0.323 e. The molecule has 100 valence electrons. The summed E-state index contributed by atoms with van der Waals surface area (Å²) in [6.07, 6.45) is 5.98. The molecule has 1 N–H and O–H groups in total. The van der Waals surface area contributed by atoms with Gasteiger partial charge in [0.05, 0.1) is 6.54 Å². The molecule has 4 nitrogen and oxygen atoms in total. The van der Waals surface area contributed by atoms with Crippen LogP contribution in [0.3, 0.4) is 0 Å². The lowest BCUT2D eigenvalue weighted by Crippen LogP contribution is -2.36. The zero-order chi connectivity index (χ0) is 14.3. The molecule has 1 aromatic carbocycles. The molecular weight excluding hydrogens is 242 g/mol. The number of carboxylic acid groups (broad SMARTS) is 1. The molecule has 0 unspecified atom stereocenters. The van der Waals surface area contributed by atoms with Gasteiger partial charge >= 0.3 is 5.97 Å². The molecule has 0 saturated carbocycles. The van der Waals surface area contributed by atoms with Crippen LogP contribution in [0.2, 0.25) is 0 Å². The largest absolute Gasteiger partial charge is 0.480 e. The lowest BCUT2D eigenvalue weighted by Gasteiger charge is -2.17. The Bertz CT molecular complexity index is 485. The van der Waals surface area contributed by atoms with Crippen molar-refractivity contribution in [2.45, 2.75) is 19.8 Å². The van der Waals surface area contributed by atoms with E-state index in [1.54, 1.807) is 0 Å². The first-order valence-corrected chi connectivity index (χ1v) is 6.01. The maximum atomic E-state index is 11.9. The normalized spacial score (nSPS) is 9.68. The van der Waals surface area contributed by atoms with Gasteiger partial charge in [0.15, 0.2) is 0 Å². The molecule has 4 heteroatoms. The van der Waals surface area contributed by atoms with Crippen molar-refractivity contribution in [1.29, 1.82) is 0 Å². The fraction of sp³-hybridized carbons (Fsp3) is 0.333. The fourth-order valence-corrected chi connectivity index (χ4v) is 1.67. The first-order chi connectivity index (χ1) is 9.02. The lowest BCUT2D eigenvalue weighted by atomic mass is 10.1. The standard InChI is InChI=1S/C15H17NO3/c1-3-10-16(11-15(18)19)14(17)9-8-13-6-4-12(2)5-7-13/h1,4-7H,8-11H2,2H3,(H,18,19). The number of hydrogen-bond acceptors (Lipinski definition) is 2. The monoisotopic (exact) mass is 259 g/mol. The molecule has 0 aliphatic rings. The molecule has 0 bridgehead atoms. The van der Waals surface area contributed by atoms with Crippen LogP contribution in [0.5, 0.6) is 0 Å². The van der Waals surface area contributed by atoms with E-state index in [-0.39, 0.29) is 25.4 Å². The molecule has 1 aromatic rings. The molecule has 19 heavy (non-hydrogen) atoms. The Morgan fingerprint density at radius 2 is 1.95 bits per heavy atom. The minimum Gasteiger partial charge on any atom is -0.480 e.